The van der Waals surface area contributed by atoms with Gasteiger partial charge in [0, 0.05) is 36.0 Å². The average Bonchev–Trinajstić information content (AvgIpc) is 3.37. The standard InChI is InChI=1S/C19H23N3OS/c23-18(15-8-4-5-9-15)22-11-10-16(12-22)20-19-21-17(13-24-19)14-6-2-1-3-7-14/h1-3,6-7,13,15-16H,4-5,8-12H2,(H,20,21). The molecule has 2 heterocycles. The lowest BCUT2D eigenvalue weighted by Crippen LogP contribution is -2.35. The van der Waals surface area contributed by atoms with E-state index in [1.807, 2.05) is 18.2 Å². The first-order valence-corrected chi connectivity index (χ1v) is 9.74. The number of aromatic nitrogens is 1. The predicted octanol–water partition coefficient (Wildman–Crippen LogP) is 4.01. The first kappa shape index (κ1) is 15.6. The van der Waals surface area contributed by atoms with Crippen LogP contribution in [0, 0.1) is 5.92 Å². The minimum absolute atomic E-state index is 0.285. The number of rotatable bonds is 4. The van der Waals surface area contributed by atoms with Gasteiger partial charge in [0.15, 0.2) is 5.13 Å². The summed E-state index contributed by atoms with van der Waals surface area (Å²) in [6.07, 6.45) is 5.61. The minimum atomic E-state index is 0.285. The Balaban J connectivity index is 1.35. The maximum Gasteiger partial charge on any atom is 0.225 e. The molecule has 1 amide bonds. The molecule has 1 unspecified atom stereocenters. The third-order valence-corrected chi connectivity index (χ3v) is 5.88. The largest absolute Gasteiger partial charge is 0.357 e. The summed E-state index contributed by atoms with van der Waals surface area (Å²) in [5.41, 5.74) is 2.16. The highest BCUT2D eigenvalue weighted by Gasteiger charge is 2.32. The molecule has 5 heteroatoms. The van der Waals surface area contributed by atoms with Gasteiger partial charge in [-0.2, -0.15) is 0 Å². The average molecular weight is 341 g/mol. The van der Waals surface area contributed by atoms with Crippen molar-refractivity contribution in [3.63, 3.8) is 0 Å². The van der Waals surface area contributed by atoms with Gasteiger partial charge in [-0.1, -0.05) is 43.2 Å². The van der Waals surface area contributed by atoms with Crippen molar-refractivity contribution in [3.05, 3.63) is 35.7 Å². The highest BCUT2D eigenvalue weighted by atomic mass is 32.1. The van der Waals surface area contributed by atoms with E-state index in [1.54, 1.807) is 11.3 Å². The molecular weight excluding hydrogens is 318 g/mol. The molecule has 0 spiro atoms. The lowest BCUT2D eigenvalue weighted by atomic mass is 10.1. The number of benzene rings is 1. The highest BCUT2D eigenvalue weighted by Crippen LogP contribution is 2.29. The van der Waals surface area contributed by atoms with E-state index >= 15 is 0 Å². The van der Waals surface area contributed by atoms with Crippen molar-refractivity contribution in [1.29, 1.82) is 0 Å². The summed E-state index contributed by atoms with van der Waals surface area (Å²) in [5.74, 6) is 0.661. The molecule has 0 radical (unpaired) electrons. The van der Waals surface area contributed by atoms with Crippen molar-refractivity contribution in [2.45, 2.75) is 38.1 Å². The van der Waals surface area contributed by atoms with Crippen LogP contribution in [0.15, 0.2) is 35.7 Å². The Bertz CT molecular complexity index is 694. The SMILES string of the molecule is O=C(C1CCCC1)N1CCC(Nc2nc(-c3ccccc3)cs2)C1. The number of nitrogens with one attached hydrogen (secondary N) is 1. The van der Waals surface area contributed by atoms with Gasteiger partial charge in [0.2, 0.25) is 5.91 Å². The van der Waals surface area contributed by atoms with E-state index in [0.29, 0.717) is 11.9 Å². The normalized spacial score (nSPS) is 21.3. The summed E-state index contributed by atoms with van der Waals surface area (Å²) < 4.78 is 0. The van der Waals surface area contributed by atoms with Crippen LogP contribution >= 0.6 is 11.3 Å². The Morgan fingerprint density at radius 3 is 2.75 bits per heavy atom. The molecule has 4 rings (SSSR count). The van der Waals surface area contributed by atoms with Gasteiger partial charge in [0.25, 0.3) is 0 Å². The zero-order valence-corrected chi connectivity index (χ0v) is 14.6. The molecular formula is C19H23N3OS. The number of hydrogen-bond donors (Lipinski definition) is 1. The second kappa shape index (κ2) is 6.93. The van der Waals surface area contributed by atoms with Crippen molar-refractivity contribution in [2.75, 3.05) is 18.4 Å². The molecule has 126 valence electrons. The van der Waals surface area contributed by atoms with Crippen LogP contribution in [0.4, 0.5) is 5.13 Å². The maximum atomic E-state index is 12.5. The van der Waals surface area contributed by atoms with Crippen LogP contribution in [-0.2, 0) is 4.79 Å². The fourth-order valence-corrected chi connectivity index (χ4v) is 4.56. The maximum absolute atomic E-state index is 12.5. The Kier molecular flexibility index (Phi) is 4.52. The van der Waals surface area contributed by atoms with E-state index < -0.39 is 0 Å². The number of carbonyl (C=O) groups is 1. The van der Waals surface area contributed by atoms with Gasteiger partial charge in [-0.3, -0.25) is 4.79 Å². The molecule has 4 nitrogen and oxygen atoms in total. The van der Waals surface area contributed by atoms with E-state index in [0.717, 1.165) is 48.7 Å². The number of amides is 1. The lowest BCUT2D eigenvalue weighted by Gasteiger charge is -2.20. The topological polar surface area (TPSA) is 45.2 Å². The molecule has 1 aliphatic heterocycles. The third kappa shape index (κ3) is 3.31. The van der Waals surface area contributed by atoms with E-state index in [1.165, 1.54) is 12.8 Å². The molecule has 24 heavy (non-hydrogen) atoms. The molecule has 1 aromatic carbocycles. The quantitative estimate of drug-likeness (QED) is 0.914. The zero-order valence-electron chi connectivity index (χ0n) is 13.8. The Hall–Kier alpha value is -1.88. The van der Waals surface area contributed by atoms with Gasteiger partial charge < -0.3 is 10.2 Å². The molecule has 2 aliphatic rings. The fourth-order valence-electron chi connectivity index (χ4n) is 3.77. The second-order valence-electron chi connectivity index (χ2n) is 6.80. The first-order chi connectivity index (χ1) is 11.8. The van der Waals surface area contributed by atoms with E-state index in [4.69, 9.17) is 4.98 Å². The first-order valence-electron chi connectivity index (χ1n) is 8.86. The predicted molar refractivity (Wildman–Crippen MR) is 98.1 cm³/mol. The van der Waals surface area contributed by atoms with E-state index in [9.17, 15) is 4.79 Å². The van der Waals surface area contributed by atoms with Crippen LogP contribution in [0.2, 0.25) is 0 Å². The van der Waals surface area contributed by atoms with Gasteiger partial charge in [-0.15, -0.1) is 11.3 Å². The summed E-state index contributed by atoms with van der Waals surface area (Å²) in [4.78, 5) is 19.3. The number of anilines is 1. The Morgan fingerprint density at radius 2 is 1.96 bits per heavy atom. The summed E-state index contributed by atoms with van der Waals surface area (Å²) in [6, 6.07) is 10.6. The van der Waals surface area contributed by atoms with Crippen LogP contribution in [0.25, 0.3) is 11.3 Å². The molecule has 0 bridgehead atoms. The van der Waals surface area contributed by atoms with Crippen molar-refractivity contribution < 1.29 is 4.79 Å². The van der Waals surface area contributed by atoms with Crippen LogP contribution < -0.4 is 5.32 Å². The van der Waals surface area contributed by atoms with Gasteiger partial charge in [-0.25, -0.2) is 4.98 Å². The van der Waals surface area contributed by atoms with E-state index in [-0.39, 0.29) is 5.92 Å². The zero-order chi connectivity index (χ0) is 16.4. The summed E-state index contributed by atoms with van der Waals surface area (Å²) in [5, 5.41) is 6.56. The Labute approximate surface area is 146 Å². The molecule has 1 atom stereocenters. The molecule has 1 N–H and O–H groups in total. The van der Waals surface area contributed by atoms with Gasteiger partial charge >= 0.3 is 0 Å². The van der Waals surface area contributed by atoms with Crippen molar-refractivity contribution in [3.8, 4) is 11.3 Å². The number of carbonyl (C=O) groups excluding carboxylic acids is 1. The van der Waals surface area contributed by atoms with Crippen molar-refractivity contribution in [1.82, 2.24) is 9.88 Å². The minimum Gasteiger partial charge on any atom is -0.357 e. The Morgan fingerprint density at radius 1 is 1.17 bits per heavy atom. The molecule has 1 aromatic heterocycles. The highest BCUT2D eigenvalue weighted by molar-refractivity contribution is 7.14. The lowest BCUT2D eigenvalue weighted by molar-refractivity contribution is -0.134. The van der Waals surface area contributed by atoms with E-state index in [2.05, 4.69) is 27.7 Å². The number of thiazole rings is 1. The molecule has 1 saturated carbocycles. The molecule has 2 fully saturated rings. The van der Waals surface area contributed by atoms with Crippen LogP contribution in [0.1, 0.15) is 32.1 Å². The van der Waals surface area contributed by atoms with Crippen LogP contribution in [0.5, 0.6) is 0 Å². The van der Waals surface area contributed by atoms with Crippen LogP contribution in [-0.4, -0.2) is 34.9 Å². The summed E-state index contributed by atoms with van der Waals surface area (Å²) in [6.45, 7) is 1.69. The van der Waals surface area contributed by atoms with Gasteiger partial charge in [0.1, 0.15) is 0 Å². The molecule has 1 saturated heterocycles. The summed E-state index contributed by atoms with van der Waals surface area (Å²) in [7, 11) is 0. The monoisotopic (exact) mass is 341 g/mol. The third-order valence-electron chi connectivity index (χ3n) is 5.11. The molecule has 2 aromatic rings. The number of nitrogens with zero attached hydrogens (tertiary/aromatic N) is 2. The van der Waals surface area contributed by atoms with Crippen LogP contribution in [0.3, 0.4) is 0 Å². The fraction of sp³-hybridized carbons (Fsp3) is 0.474. The van der Waals surface area contributed by atoms with Gasteiger partial charge in [-0.05, 0) is 19.3 Å². The number of likely N-dealkylation sites (tertiary alicyclic amines) is 1. The van der Waals surface area contributed by atoms with Crippen molar-refractivity contribution in [2.24, 2.45) is 5.92 Å². The summed E-state index contributed by atoms with van der Waals surface area (Å²) >= 11 is 1.64. The van der Waals surface area contributed by atoms with Crippen molar-refractivity contribution >= 4 is 22.4 Å². The number of hydrogen-bond acceptors (Lipinski definition) is 4. The second-order valence-corrected chi connectivity index (χ2v) is 7.66. The smallest absolute Gasteiger partial charge is 0.225 e. The molecule has 1 aliphatic carbocycles. The van der Waals surface area contributed by atoms with Gasteiger partial charge in [0.05, 0.1) is 5.69 Å².